The zero-order valence-electron chi connectivity index (χ0n) is 10.2. The Morgan fingerprint density at radius 2 is 2.00 bits per heavy atom. The van der Waals surface area contributed by atoms with E-state index < -0.39 is 0 Å². The summed E-state index contributed by atoms with van der Waals surface area (Å²) >= 11 is 0. The minimum absolute atomic E-state index is 0.775. The molecule has 2 unspecified atom stereocenters. The van der Waals surface area contributed by atoms with Gasteiger partial charge in [-0.15, -0.1) is 0 Å². The molecule has 3 heteroatoms. The van der Waals surface area contributed by atoms with E-state index in [4.69, 9.17) is 0 Å². The van der Waals surface area contributed by atoms with Gasteiger partial charge in [-0.05, 0) is 12.5 Å². The fourth-order valence-electron chi connectivity index (χ4n) is 2.56. The van der Waals surface area contributed by atoms with E-state index in [1.54, 1.807) is 0 Å². The number of hydrogen-bond donors (Lipinski definition) is 1. The third kappa shape index (κ3) is 2.92. The van der Waals surface area contributed by atoms with Gasteiger partial charge in [0.25, 0.3) is 0 Å². The molecule has 3 fully saturated rings. The largest absolute Gasteiger partial charge is 0.315 e. The van der Waals surface area contributed by atoms with Crippen LogP contribution in [0.4, 0.5) is 0 Å². The molecule has 15 heavy (non-hydrogen) atoms. The Morgan fingerprint density at radius 3 is 2.53 bits per heavy atom. The van der Waals surface area contributed by atoms with Crippen LogP contribution in [0.5, 0.6) is 0 Å². The summed E-state index contributed by atoms with van der Waals surface area (Å²) in [5.41, 5.74) is 0. The van der Waals surface area contributed by atoms with Gasteiger partial charge in [0.1, 0.15) is 0 Å². The van der Waals surface area contributed by atoms with Crippen molar-refractivity contribution in [2.24, 2.45) is 5.92 Å². The van der Waals surface area contributed by atoms with Crippen molar-refractivity contribution in [3.8, 4) is 0 Å². The van der Waals surface area contributed by atoms with Crippen molar-refractivity contribution in [1.82, 2.24) is 15.1 Å². The maximum absolute atomic E-state index is 3.62. The molecule has 0 aromatic rings. The quantitative estimate of drug-likeness (QED) is 0.719. The van der Waals surface area contributed by atoms with E-state index >= 15 is 0 Å². The third-order valence-corrected chi connectivity index (χ3v) is 3.96. The SMILES string of the molecule is CCC(C)CNCC1CN2CCN1CC2. The number of fused-ring (bicyclic) bond motifs is 3. The smallest absolute Gasteiger partial charge is 0.0349 e. The average Bonchev–Trinajstić information content (AvgIpc) is 2.30. The van der Waals surface area contributed by atoms with Crippen LogP contribution < -0.4 is 5.32 Å². The highest BCUT2D eigenvalue weighted by Crippen LogP contribution is 2.14. The molecule has 2 bridgehead atoms. The molecule has 0 aromatic heterocycles. The predicted octanol–water partition coefficient (Wildman–Crippen LogP) is 0.622. The summed E-state index contributed by atoms with van der Waals surface area (Å²) < 4.78 is 0. The molecule has 1 N–H and O–H groups in total. The summed E-state index contributed by atoms with van der Waals surface area (Å²) in [5.74, 6) is 0.820. The van der Waals surface area contributed by atoms with Crippen LogP contribution in [-0.4, -0.2) is 61.7 Å². The molecular weight excluding hydrogens is 186 g/mol. The van der Waals surface area contributed by atoms with Gasteiger partial charge >= 0.3 is 0 Å². The minimum Gasteiger partial charge on any atom is -0.315 e. The van der Waals surface area contributed by atoms with Crippen LogP contribution in [0, 0.1) is 5.92 Å². The lowest BCUT2D eigenvalue weighted by molar-refractivity contribution is 0.0135. The van der Waals surface area contributed by atoms with E-state index in [0.717, 1.165) is 12.0 Å². The summed E-state index contributed by atoms with van der Waals surface area (Å²) in [6, 6.07) is 0.775. The lowest BCUT2D eigenvalue weighted by Crippen LogP contribution is -2.63. The van der Waals surface area contributed by atoms with Gasteiger partial charge in [0.15, 0.2) is 0 Å². The maximum Gasteiger partial charge on any atom is 0.0349 e. The van der Waals surface area contributed by atoms with Gasteiger partial charge in [-0.1, -0.05) is 20.3 Å². The number of piperazine rings is 3. The lowest BCUT2D eigenvalue weighted by Gasteiger charge is -2.47. The van der Waals surface area contributed by atoms with Crippen molar-refractivity contribution in [2.75, 3.05) is 45.8 Å². The molecule has 0 amide bonds. The average molecular weight is 211 g/mol. The number of nitrogens with one attached hydrogen (secondary N) is 1. The van der Waals surface area contributed by atoms with Gasteiger partial charge in [0.2, 0.25) is 0 Å². The Labute approximate surface area is 93.8 Å². The standard InChI is InChI=1S/C12H25N3/c1-3-11(2)8-13-9-12-10-14-4-6-15(12)7-5-14/h11-13H,3-10H2,1-2H3. The molecule has 0 spiro atoms. The summed E-state index contributed by atoms with van der Waals surface area (Å²) in [6.45, 7) is 13.4. The molecule has 3 rings (SSSR count). The lowest BCUT2D eigenvalue weighted by atomic mass is 10.1. The van der Waals surface area contributed by atoms with Gasteiger partial charge in [-0.25, -0.2) is 0 Å². The summed E-state index contributed by atoms with van der Waals surface area (Å²) in [7, 11) is 0. The maximum atomic E-state index is 3.62. The molecule has 88 valence electrons. The van der Waals surface area contributed by atoms with Crippen molar-refractivity contribution in [3.63, 3.8) is 0 Å². The van der Waals surface area contributed by atoms with Crippen LogP contribution in [0.15, 0.2) is 0 Å². The molecule has 0 aromatic carbocycles. The third-order valence-electron chi connectivity index (χ3n) is 3.96. The second-order valence-electron chi connectivity index (χ2n) is 5.16. The molecule has 2 atom stereocenters. The van der Waals surface area contributed by atoms with Crippen LogP contribution in [0.1, 0.15) is 20.3 Å². The zero-order chi connectivity index (χ0) is 10.7. The number of hydrogen-bond acceptors (Lipinski definition) is 3. The predicted molar refractivity (Wildman–Crippen MR) is 64.1 cm³/mol. The van der Waals surface area contributed by atoms with E-state index in [9.17, 15) is 0 Å². The monoisotopic (exact) mass is 211 g/mol. The number of nitrogens with zero attached hydrogens (tertiary/aromatic N) is 2. The van der Waals surface area contributed by atoms with Crippen molar-refractivity contribution in [2.45, 2.75) is 26.3 Å². The van der Waals surface area contributed by atoms with Gasteiger partial charge in [-0.3, -0.25) is 9.80 Å². The Balaban J connectivity index is 1.67. The van der Waals surface area contributed by atoms with Crippen LogP contribution >= 0.6 is 0 Å². The Bertz CT molecular complexity index is 187. The Kier molecular flexibility index (Phi) is 4.00. The first-order chi connectivity index (χ1) is 7.29. The normalized spacial score (nSPS) is 36.8. The molecule has 0 saturated carbocycles. The summed E-state index contributed by atoms with van der Waals surface area (Å²) in [4.78, 5) is 5.26. The van der Waals surface area contributed by atoms with Gasteiger partial charge in [0.05, 0.1) is 0 Å². The molecule has 3 aliphatic rings. The molecule has 3 nitrogen and oxygen atoms in total. The second kappa shape index (κ2) is 5.28. The fourth-order valence-corrected chi connectivity index (χ4v) is 2.56. The molecule has 0 radical (unpaired) electrons. The molecule has 3 heterocycles. The Hall–Kier alpha value is -0.120. The number of rotatable bonds is 5. The first kappa shape index (κ1) is 11.4. The first-order valence-corrected chi connectivity index (χ1v) is 6.46. The van der Waals surface area contributed by atoms with Crippen molar-refractivity contribution < 1.29 is 0 Å². The van der Waals surface area contributed by atoms with Crippen molar-refractivity contribution >= 4 is 0 Å². The summed E-state index contributed by atoms with van der Waals surface area (Å²) in [5, 5.41) is 3.62. The molecule has 0 aliphatic carbocycles. The zero-order valence-corrected chi connectivity index (χ0v) is 10.2. The van der Waals surface area contributed by atoms with E-state index in [1.807, 2.05) is 0 Å². The topological polar surface area (TPSA) is 18.5 Å². The van der Waals surface area contributed by atoms with Crippen molar-refractivity contribution in [3.05, 3.63) is 0 Å². The molecular formula is C12H25N3. The highest BCUT2D eigenvalue weighted by atomic mass is 15.3. The van der Waals surface area contributed by atoms with Crippen LogP contribution in [0.2, 0.25) is 0 Å². The van der Waals surface area contributed by atoms with Gasteiger partial charge in [-0.2, -0.15) is 0 Å². The fraction of sp³-hybridized carbons (Fsp3) is 1.00. The first-order valence-electron chi connectivity index (χ1n) is 6.46. The Morgan fingerprint density at radius 1 is 1.27 bits per heavy atom. The highest BCUT2D eigenvalue weighted by molar-refractivity contribution is 4.89. The van der Waals surface area contributed by atoms with E-state index in [1.165, 1.54) is 52.2 Å². The summed E-state index contributed by atoms with van der Waals surface area (Å²) in [6.07, 6.45) is 1.29. The molecule has 3 saturated heterocycles. The minimum atomic E-state index is 0.775. The van der Waals surface area contributed by atoms with Crippen LogP contribution in [-0.2, 0) is 0 Å². The molecule has 3 aliphatic heterocycles. The van der Waals surface area contributed by atoms with E-state index in [2.05, 4.69) is 29.0 Å². The van der Waals surface area contributed by atoms with E-state index in [-0.39, 0.29) is 0 Å². The van der Waals surface area contributed by atoms with Gasteiger partial charge in [0, 0.05) is 45.3 Å². The highest BCUT2D eigenvalue weighted by Gasteiger charge is 2.31. The van der Waals surface area contributed by atoms with Gasteiger partial charge < -0.3 is 5.32 Å². The second-order valence-corrected chi connectivity index (χ2v) is 5.16. The van der Waals surface area contributed by atoms with Crippen LogP contribution in [0.3, 0.4) is 0 Å². The van der Waals surface area contributed by atoms with E-state index in [0.29, 0.717) is 0 Å². The van der Waals surface area contributed by atoms with Crippen molar-refractivity contribution in [1.29, 1.82) is 0 Å². The van der Waals surface area contributed by atoms with Crippen LogP contribution in [0.25, 0.3) is 0 Å².